The van der Waals surface area contributed by atoms with Gasteiger partial charge in [0.15, 0.2) is 0 Å². The predicted octanol–water partition coefficient (Wildman–Crippen LogP) is 2.58. The number of amides is 1. The molecule has 0 spiro atoms. The quantitative estimate of drug-likeness (QED) is 0.512. The maximum absolute atomic E-state index is 12.0. The number of aryl methyl sites for hydroxylation is 1. The van der Waals surface area contributed by atoms with E-state index in [0.717, 1.165) is 0 Å². The average Bonchev–Trinajstić information content (AvgIpc) is 2.56. The Balaban J connectivity index is 2.15. The second-order valence-corrected chi connectivity index (χ2v) is 4.78. The highest BCUT2D eigenvalue weighted by Crippen LogP contribution is 2.19. The Bertz CT molecular complexity index is 848. The minimum atomic E-state index is -0.750. The third kappa shape index (κ3) is 3.77. The van der Waals surface area contributed by atoms with Crippen molar-refractivity contribution in [2.45, 2.75) is 6.92 Å². The monoisotopic (exact) mass is 328 g/mol. The maximum atomic E-state index is 12.0. The molecule has 0 aromatic heterocycles. The molecule has 0 fully saturated rings. The number of para-hydroxylation sites is 1. The zero-order valence-electron chi connectivity index (χ0n) is 12.5. The maximum Gasteiger partial charge on any atom is 0.282 e. The topological polar surface area (TPSA) is 128 Å². The van der Waals surface area contributed by atoms with E-state index in [0.29, 0.717) is 11.1 Å². The Morgan fingerprint density at radius 1 is 1.08 bits per heavy atom. The molecule has 0 aliphatic carbocycles. The van der Waals surface area contributed by atoms with Gasteiger partial charge in [0.1, 0.15) is 5.56 Å². The molecule has 0 saturated carbocycles. The van der Waals surface area contributed by atoms with Crippen molar-refractivity contribution in [3.8, 4) is 0 Å². The lowest BCUT2D eigenvalue weighted by Gasteiger charge is -2.01. The Labute approximate surface area is 135 Å². The standard InChI is InChI=1S/C15H12N4O5/c1-10-6-7-11(8-14(10)19(23)24)9-16-17-15(20)12-4-2-3-5-13(12)18(21)22/h2-9H,1H3,(H,17,20)/b16-9-. The summed E-state index contributed by atoms with van der Waals surface area (Å²) >= 11 is 0. The molecule has 122 valence electrons. The van der Waals surface area contributed by atoms with Crippen molar-refractivity contribution in [3.63, 3.8) is 0 Å². The zero-order valence-corrected chi connectivity index (χ0v) is 12.5. The van der Waals surface area contributed by atoms with Crippen LogP contribution >= 0.6 is 0 Å². The summed E-state index contributed by atoms with van der Waals surface area (Å²) in [6, 6.07) is 9.93. The van der Waals surface area contributed by atoms with E-state index in [1.54, 1.807) is 19.1 Å². The van der Waals surface area contributed by atoms with Crippen LogP contribution in [0.5, 0.6) is 0 Å². The molecule has 1 amide bonds. The third-order valence-corrected chi connectivity index (χ3v) is 3.15. The van der Waals surface area contributed by atoms with E-state index in [-0.39, 0.29) is 16.9 Å². The third-order valence-electron chi connectivity index (χ3n) is 3.15. The molecule has 0 bridgehead atoms. The van der Waals surface area contributed by atoms with Crippen LogP contribution in [0.2, 0.25) is 0 Å². The van der Waals surface area contributed by atoms with Gasteiger partial charge in [0, 0.05) is 23.3 Å². The van der Waals surface area contributed by atoms with Crippen molar-refractivity contribution < 1.29 is 14.6 Å². The van der Waals surface area contributed by atoms with Gasteiger partial charge in [0.05, 0.1) is 16.1 Å². The molecule has 0 saturated heterocycles. The van der Waals surface area contributed by atoms with Gasteiger partial charge in [-0.25, -0.2) is 5.43 Å². The summed E-state index contributed by atoms with van der Waals surface area (Å²) in [5.74, 6) is -0.750. The summed E-state index contributed by atoms with van der Waals surface area (Å²) in [6.07, 6.45) is 1.22. The normalized spacial score (nSPS) is 10.5. The molecule has 0 radical (unpaired) electrons. The van der Waals surface area contributed by atoms with Crippen molar-refractivity contribution in [3.05, 3.63) is 79.4 Å². The fourth-order valence-corrected chi connectivity index (χ4v) is 1.95. The average molecular weight is 328 g/mol. The van der Waals surface area contributed by atoms with Gasteiger partial charge >= 0.3 is 0 Å². The first-order valence-corrected chi connectivity index (χ1v) is 6.72. The predicted molar refractivity (Wildman–Crippen MR) is 86.0 cm³/mol. The van der Waals surface area contributed by atoms with Crippen molar-refractivity contribution in [2.75, 3.05) is 0 Å². The van der Waals surface area contributed by atoms with Crippen LogP contribution in [0.15, 0.2) is 47.6 Å². The van der Waals surface area contributed by atoms with Crippen LogP contribution in [-0.4, -0.2) is 22.0 Å². The zero-order chi connectivity index (χ0) is 17.7. The number of benzene rings is 2. The summed E-state index contributed by atoms with van der Waals surface area (Å²) in [6.45, 7) is 1.61. The SMILES string of the molecule is Cc1ccc(/C=N\NC(=O)c2ccccc2[N+](=O)[O-])cc1[N+](=O)[O-]. The van der Waals surface area contributed by atoms with Crippen molar-refractivity contribution in [2.24, 2.45) is 5.10 Å². The van der Waals surface area contributed by atoms with Gasteiger partial charge in [-0.05, 0) is 13.0 Å². The van der Waals surface area contributed by atoms with Crippen molar-refractivity contribution >= 4 is 23.5 Å². The molecule has 2 aromatic carbocycles. The number of nitro groups is 2. The van der Waals surface area contributed by atoms with Crippen LogP contribution in [0.1, 0.15) is 21.5 Å². The molecule has 0 unspecified atom stereocenters. The highest BCUT2D eigenvalue weighted by atomic mass is 16.6. The highest BCUT2D eigenvalue weighted by molar-refractivity contribution is 5.98. The number of hydrogen-bond donors (Lipinski definition) is 1. The molecule has 9 heteroatoms. The molecule has 2 rings (SSSR count). The summed E-state index contributed by atoms with van der Waals surface area (Å²) < 4.78 is 0. The van der Waals surface area contributed by atoms with Crippen molar-refractivity contribution in [1.29, 1.82) is 0 Å². The fourth-order valence-electron chi connectivity index (χ4n) is 1.95. The minimum absolute atomic E-state index is 0.0658. The van der Waals surface area contributed by atoms with Gasteiger partial charge in [0.25, 0.3) is 17.3 Å². The lowest BCUT2D eigenvalue weighted by atomic mass is 10.1. The van der Waals surface area contributed by atoms with Gasteiger partial charge in [0.2, 0.25) is 0 Å². The fraction of sp³-hybridized carbons (Fsp3) is 0.0667. The Morgan fingerprint density at radius 2 is 1.75 bits per heavy atom. The molecule has 2 aromatic rings. The molecule has 0 atom stereocenters. The van der Waals surface area contributed by atoms with E-state index >= 15 is 0 Å². The second kappa shape index (κ2) is 7.09. The van der Waals surface area contributed by atoms with Crippen LogP contribution in [0, 0.1) is 27.2 Å². The number of nitro benzene ring substituents is 2. The minimum Gasteiger partial charge on any atom is -0.267 e. The first kappa shape index (κ1) is 16.7. The van der Waals surface area contributed by atoms with Crippen LogP contribution in [-0.2, 0) is 0 Å². The lowest BCUT2D eigenvalue weighted by Crippen LogP contribution is -2.18. The Morgan fingerprint density at radius 3 is 2.42 bits per heavy atom. The molecule has 0 aliphatic heterocycles. The number of hydrazone groups is 1. The van der Waals surface area contributed by atoms with E-state index < -0.39 is 15.8 Å². The number of carbonyl (C=O) groups excluding carboxylic acids is 1. The summed E-state index contributed by atoms with van der Waals surface area (Å²) in [7, 11) is 0. The summed E-state index contributed by atoms with van der Waals surface area (Å²) in [5, 5.41) is 25.4. The molecular weight excluding hydrogens is 316 g/mol. The molecule has 9 nitrogen and oxygen atoms in total. The van der Waals surface area contributed by atoms with Gasteiger partial charge in [-0.2, -0.15) is 5.10 Å². The molecule has 1 N–H and O–H groups in total. The molecular formula is C15H12N4O5. The summed E-state index contributed by atoms with van der Waals surface area (Å²) in [5.41, 5.74) is 2.54. The molecule has 0 aliphatic rings. The van der Waals surface area contributed by atoms with Gasteiger partial charge < -0.3 is 0 Å². The van der Waals surface area contributed by atoms with Crippen LogP contribution in [0.25, 0.3) is 0 Å². The number of rotatable bonds is 5. The smallest absolute Gasteiger partial charge is 0.267 e. The van der Waals surface area contributed by atoms with Gasteiger partial charge in [-0.15, -0.1) is 0 Å². The van der Waals surface area contributed by atoms with Crippen LogP contribution in [0.3, 0.4) is 0 Å². The Kier molecular flexibility index (Phi) is 4.95. The molecule has 24 heavy (non-hydrogen) atoms. The first-order valence-electron chi connectivity index (χ1n) is 6.72. The number of nitrogens with zero attached hydrogens (tertiary/aromatic N) is 3. The van der Waals surface area contributed by atoms with Crippen LogP contribution < -0.4 is 5.43 Å². The van der Waals surface area contributed by atoms with E-state index in [9.17, 15) is 25.0 Å². The lowest BCUT2D eigenvalue weighted by molar-refractivity contribution is -0.385. The van der Waals surface area contributed by atoms with E-state index in [2.05, 4.69) is 10.5 Å². The van der Waals surface area contributed by atoms with E-state index in [1.807, 2.05) is 0 Å². The van der Waals surface area contributed by atoms with E-state index in [4.69, 9.17) is 0 Å². The first-order chi connectivity index (χ1) is 11.4. The highest BCUT2D eigenvalue weighted by Gasteiger charge is 2.18. The largest absolute Gasteiger partial charge is 0.282 e. The molecule has 0 heterocycles. The van der Waals surface area contributed by atoms with E-state index in [1.165, 1.54) is 36.5 Å². The van der Waals surface area contributed by atoms with Gasteiger partial charge in [-0.3, -0.25) is 25.0 Å². The van der Waals surface area contributed by atoms with Crippen molar-refractivity contribution in [1.82, 2.24) is 5.43 Å². The Hall–Kier alpha value is -3.62. The number of hydrogen-bond acceptors (Lipinski definition) is 6. The number of nitrogens with one attached hydrogen (secondary N) is 1. The van der Waals surface area contributed by atoms with Gasteiger partial charge in [-0.1, -0.05) is 24.3 Å². The summed E-state index contributed by atoms with van der Waals surface area (Å²) in [4.78, 5) is 32.5. The number of carbonyl (C=O) groups is 1. The van der Waals surface area contributed by atoms with Crippen LogP contribution in [0.4, 0.5) is 11.4 Å². The second-order valence-electron chi connectivity index (χ2n) is 4.78.